The molecule has 0 spiro atoms. The van der Waals surface area contributed by atoms with Gasteiger partial charge in [-0.15, -0.1) is 11.8 Å². The van der Waals surface area contributed by atoms with Crippen molar-refractivity contribution in [2.24, 2.45) is 0 Å². The number of aromatic nitrogens is 1. The molecule has 0 fully saturated rings. The summed E-state index contributed by atoms with van der Waals surface area (Å²) in [5.41, 5.74) is 1.18. The van der Waals surface area contributed by atoms with E-state index in [4.69, 9.17) is 16.7 Å². The van der Waals surface area contributed by atoms with Gasteiger partial charge in [0.05, 0.1) is 0 Å². The topological polar surface area (TPSA) is 50.2 Å². The smallest absolute Gasteiger partial charge is 0.354 e. The van der Waals surface area contributed by atoms with Crippen molar-refractivity contribution in [2.45, 2.75) is 17.1 Å². The van der Waals surface area contributed by atoms with Crippen molar-refractivity contribution in [2.75, 3.05) is 0 Å². The summed E-state index contributed by atoms with van der Waals surface area (Å²) in [6, 6.07) is 11.0. The highest BCUT2D eigenvalue weighted by Crippen LogP contribution is 2.35. The molecule has 0 saturated heterocycles. The van der Waals surface area contributed by atoms with Crippen LogP contribution in [0.3, 0.4) is 0 Å². The molecule has 1 aromatic carbocycles. The third kappa shape index (κ3) is 3.72. The van der Waals surface area contributed by atoms with Crippen LogP contribution in [0.2, 0.25) is 5.02 Å². The number of hydrogen-bond acceptors (Lipinski definition) is 3. The fraction of sp³-hybridized carbons (Fsp3) is 0.143. The van der Waals surface area contributed by atoms with Gasteiger partial charge >= 0.3 is 5.97 Å². The third-order valence-corrected chi connectivity index (χ3v) is 3.96. The summed E-state index contributed by atoms with van der Waals surface area (Å²) >= 11 is 7.57. The van der Waals surface area contributed by atoms with Crippen LogP contribution in [0.5, 0.6) is 0 Å². The summed E-state index contributed by atoms with van der Waals surface area (Å²) in [7, 11) is 0. The molecule has 98 valence electrons. The molecule has 19 heavy (non-hydrogen) atoms. The Hall–Kier alpha value is -1.52. The van der Waals surface area contributed by atoms with E-state index >= 15 is 0 Å². The van der Waals surface area contributed by atoms with Crippen LogP contribution >= 0.6 is 23.4 Å². The number of carboxylic acids is 1. The van der Waals surface area contributed by atoms with Gasteiger partial charge in [-0.1, -0.05) is 23.7 Å². The number of aromatic carboxylic acids is 1. The molecule has 0 aliphatic rings. The maximum atomic E-state index is 10.7. The largest absolute Gasteiger partial charge is 0.477 e. The van der Waals surface area contributed by atoms with Crippen molar-refractivity contribution < 1.29 is 9.90 Å². The maximum Gasteiger partial charge on any atom is 0.354 e. The predicted octanol–water partition coefficient (Wildman–Crippen LogP) is 4.29. The summed E-state index contributed by atoms with van der Waals surface area (Å²) in [6.07, 6.45) is 1.58. The van der Waals surface area contributed by atoms with Gasteiger partial charge in [-0.25, -0.2) is 9.78 Å². The second-order valence-electron chi connectivity index (χ2n) is 4.00. The first kappa shape index (κ1) is 13.9. The number of halogens is 1. The van der Waals surface area contributed by atoms with Crippen LogP contribution in [0.25, 0.3) is 0 Å². The molecule has 0 aliphatic heterocycles. The zero-order valence-corrected chi connectivity index (χ0v) is 11.8. The minimum absolute atomic E-state index is 0.0553. The van der Waals surface area contributed by atoms with Gasteiger partial charge in [-0.05, 0) is 36.8 Å². The first-order chi connectivity index (χ1) is 9.06. The second kappa shape index (κ2) is 6.08. The van der Waals surface area contributed by atoms with Crippen LogP contribution in [0.15, 0.2) is 47.5 Å². The van der Waals surface area contributed by atoms with Crippen LogP contribution in [0.1, 0.15) is 28.2 Å². The Bertz CT molecular complexity index is 586. The van der Waals surface area contributed by atoms with Gasteiger partial charge in [0.15, 0.2) is 0 Å². The Morgan fingerprint density at radius 3 is 2.74 bits per heavy atom. The van der Waals surface area contributed by atoms with Crippen LogP contribution < -0.4 is 0 Å². The number of rotatable bonds is 4. The Balaban J connectivity index is 2.10. The van der Waals surface area contributed by atoms with E-state index < -0.39 is 5.97 Å². The van der Waals surface area contributed by atoms with E-state index in [0.717, 1.165) is 10.5 Å². The third-order valence-electron chi connectivity index (χ3n) is 2.59. The minimum Gasteiger partial charge on any atom is -0.477 e. The molecule has 1 aromatic heterocycles. The van der Waals surface area contributed by atoms with Gasteiger partial charge < -0.3 is 5.11 Å². The minimum atomic E-state index is -1.01. The van der Waals surface area contributed by atoms with Crippen LogP contribution in [0.4, 0.5) is 0 Å². The summed E-state index contributed by atoms with van der Waals surface area (Å²) in [5.74, 6) is -1.01. The lowest BCUT2D eigenvalue weighted by atomic mass is 10.2. The molecule has 3 nitrogen and oxygen atoms in total. The fourth-order valence-electron chi connectivity index (χ4n) is 1.61. The quantitative estimate of drug-likeness (QED) is 0.855. The van der Waals surface area contributed by atoms with E-state index in [2.05, 4.69) is 11.9 Å². The second-order valence-corrected chi connectivity index (χ2v) is 5.85. The fourth-order valence-corrected chi connectivity index (χ4v) is 2.76. The van der Waals surface area contributed by atoms with E-state index in [0.29, 0.717) is 5.02 Å². The lowest BCUT2D eigenvalue weighted by molar-refractivity contribution is 0.0690. The number of carboxylic acid groups (broad SMARTS) is 1. The van der Waals surface area contributed by atoms with Gasteiger partial charge in [0.1, 0.15) is 5.69 Å². The Kier molecular flexibility index (Phi) is 4.45. The molecule has 2 rings (SSSR count). The highest BCUT2D eigenvalue weighted by Gasteiger charge is 2.09. The van der Waals surface area contributed by atoms with Gasteiger partial charge in [0, 0.05) is 21.4 Å². The van der Waals surface area contributed by atoms with E-state index in [1.54, 1.807) is 24.0 Å². The SMILES string of the molecule is C[C@H](Sc1ccc(C(=O)O)nc1)c1cccc(Cl)c1. The lowest BCUT2D eigenvalue weighted by Crippen LogP contribution is -1.99. The van der Waals surface area contributed by atoms with Crippen molar-refractivity contribution in [3.63, 3.8) is 0 Å². The van der Waals surface area contributed by atoms with E-state index in [9.17, 15) is 4.79 Å². The Morgan fingerprint density at radius 1 is 1.37 bits per heavy atom. The maximum absolute atomic E-state index is 10.7. The molecule has 0 saturated carbocycles. The van der Waals surface area contributed by atoms with Gasteiger partial charge in [-0.3, -0.25) is 0 Å². The Morgan fingerprint density at radius 2 is 2.16 bits per heavy atom. The molecular formula is C14H12ClNO2S. The van der Waals surface area contributed by atoms with Gasteiger partial charge in [0.25, 0.3) is 0 Å². The summed E-state index contributed by atoms with van der Waals surface area (Å²) < 4.78 is 0. The van der Waals surface area contributed by atoms with Crippen molar-refractivity contribution in [1.29, 1.82) is 0 Å². The van der Waals surface area contributed by atoms with E-state index in [-0.39, 0.29) is 10.9 Å². The number of hydrogen-bond donors (Lipinski definition) is 1. The lowest BCUT2D eigenvalue weighted by Gasteiger charge is -2.11. The molecular weight excluding hydrogens is 282 g/mol. The summed E-state index contributed by atoms with van der Waals surface area (Å²) in [5, 5.41) is 9.71. The first-order valence-electron chi connectivity index (χ1n) is 5.68. The average molecular weight is 294 g/mol. The number of pyridine rings is 1. The number of thioether (sulfide) groups is 1. The number of carbonyl (C=O) groups is 1. The predicted molar refractivity (Wildman–Crippen MR) is 76.9 cm³/mol. The van der Waals surface area contributed by atoms with Crippen LogP contribution in [-0.4, -0.2) is 16.1 Å². The van der Waals surface area contributed by atoms with Crippen LogP contribution in [-0.2, 0) is 0 Å². The molecule has 2 aromatic rings. The van der Waals surface area contributed by atoms with Crippen LogP contribution in [0, 0.1) is 0 Å². The molecule has 0 bridgehead atoms. The first-order valence-corrected chi connectivity index (χ1v) is 6.93. The van der Waals surface area contributed by atoms with Gasteiger partial charge in [0.2, 0.25) is 0 Å². The molecule has 5 heteroatoms. The number of benzene rings is 1. The van der Waals surface area contributed by atoms with E-state index in [1.165, 1.54) is 6.07 Å². The zero-order valence-electron chi connectivity index (χ0n) is 10.2. The van der Waals surface area contributed by atoms with E-state index in [1.807, 2.05) is 24.3 Å². The zero-order chi connectivity index (χ0) is 13.8. The molecule has 0 amide bonds. The highest BCUT2D eigenvalue weighted by molar-refractivity contribution is 7.99. The van der Waals surface area contributed by atoms with Gasteiger partial charge in [-0.2, -0.15) is 0 Å². The molecule has 1 heterocycles. The van der Waals surface area contributed by atoms with Crippen molar-refractivity contribution >= 4 is 29.3 Å². The summed E-state index contributed by atoms with van der Waals surface area (Å²) in [6.45, 7) is 2.07. The standard InChI is InChI=1S/C14H12ClNO2S/c1-9(10-3-2-4-11(15)7-10)19-12-5-6-13(14(17)18)16-8-12/h2-9H,1H3,(H,17,18)/t9-/m0/s1. The molecule has 1 N–H and O–H groups in total. The summed E-state index contributed by atoms with van der Waals surface area (Å²) in [4.78, 5) is 15.5. The van der Waals surface area contributed by atoms with Crippen molar-refractivity contribution in [3.8, 4) is 0 Å². The van der Waals surface area contributed by atoms with Crippen molar-refractivity contribution in [3.05, 3.63) is 58.9 Å². The molecule has 1 atom stereocenters. The van der Waals surface area contributed by atoms with Crippen molar-refractivity contribution in [1.82, 2.24) is 4.98 Å². The monoisotopic (exact) mass is 293 g/mol. The molecule has 0 aliphatic carbocycles. The normalized spacial score (nSPS) is 12.1. The Labute approximate surface area is 120 Å². The number of nitrogens with zero attached hydrogens (tertiary/aromatic N) is 1. The highest BCUT2D eigenvalue weighted by atomic mass is 35.5. The molecule has 0 unspecified atom stereocenters. The molecule has 0 radical (unpaired) electrons. The average Bonchev–Trinajstić information content (AvgIpc) is 2.39.